The second-order valence-corrected chi connectivity index (χ2v) is 4.16. The van der Waals surface area contributed by atoms with Crippen molar-refractivity contribution < 1.29 is 9.90 Å². The molecule has 0 aliphatic carbocycles. The molecule has 0 unspecified atom stereocenters. The van der Waals surface area contributed by atoms with Crippen LogP contribution in [0.5, 0.6) is 0 Å². The summed E-state index contributed by atoms with van der Waals surface area (Å²) in [6.07, 6.45) is 0. The largest absolute Gasteiger partial charge is 0.477 e. The van der Waals surface area contributed by atoms with Gasteiger partial charge in [0.15, 0.2) is 5.69 Å². The Balaban J connectivity index is 2.41. The summed E-state index contributed by atoms with van der Waals surface area (Å²) in [6, 6.07) is 9.20. The molecule has 0 amide bonds. The van der Waals surface area contributed by atoms with E-state index in [1.165, 1.54) is 17.6 Å². The lowest BCUT2D eigenvalue weighted by molar-refractivity contribution is 0.0691. The number of carbonyl (C=O) groups is 1. The fourth-order valence-corrected chi connectivity index (χ4v) is 2.36. The van der Waals surface area contributed by atoms with Gasteiger partial charge in [0.1, 0.15) is 5.69 Å². The number of carboxylic acid groups (broad SMARTS) is 1. The molecule has 0 fully saturated rings. The van der Waals surface area contributed by atoms with Gasteiger partial charge < -0.3 is 5.11 Å². The Morgan fingerprint density at radius 1 is 1.31 bits per heavy atom. The van der Waals surface area contributed by atoms with Gasteiger partial charge in [-0.2, -0.15) is 4.37 Å². The number of carboxylic acids is 1. The predicted molar refractivity (Wildman–Crippen MR) is 61.0 cm³/mol. The van der Waals surface area contributed by atoms with Gasteiger partial charge in [0.2, 0.25) is 0 Å². The van der Waals surface area contributed by atoms with Crippen molar-refractivity contribution in [2.24, 2.45) is 0 Å². The third-order valence-electron chi connectivity index (χ3n) is 2.35. The van der Waals surface area contributed by atoms with E-state index in [9.17, 15) is 4.79 Å². The van der Waals surface area contributed by atoms with E-state index in [2.05, 4.69) is 9.36 Å². The first-order valence-corrected chi connectivity index (χ1v) is 5.41. The SMILES string of the molecule is O=C(O)c1cc2nsc3ccccc3c-2n1. The van der Waals surface area contributed by atoms with Crippen molar-refractivity contribution in [2.45, 2.75) is 0 Å². The fourth-order valence-electron chi connectivity index (χ4n) is 1.63. The van der Waals surface area contributed by atoms with Crippen LogP contribution in [0.15, 0.2) is 30.3 Å². The average molecular weight is 230 g/mol. The second-order valence-electron chi connectivity index (χ2n) is 3.36. The van der Waals surface area contributed by atoms with Crippen LogP contribution in [-0.2, 0) is 0 Å². The van der Waals surface area contributed by atoms with Crippen molar-refractivity contribution in [1.29, 1.82) is 0 Å². The number of hydrogen-bond donors (Lipinski definition) is 1. The molecular formula is C11H6N2O2S. The summed E-state index contributed by atoms with van der Waals surface area (Å²) in [5.74, 6) is -1.02. The van der Waals surface area contributed by atoms with Gasteiger partial charge in [-0.1, -0.05) is 18.2 Å². The van der Waals surface area contributed by atoms with Gasteiger partial charge >= 0.3 is 5.97 Å². The zero-order chi connectivity index (χ0) is 11.1. The molecule has 0 saturated carbocycles. The van der Waals surface area contributed by atoms with E-state index in [1.807, 2.05) is 24.3 Å². The third kappa shape index (κ3) is 1.25. The molecule has 5 heteroatoms. The molecule has 0 spiro atoms. The van der Waals surface area contributed by atoms with Crippen LogP contribution in [0.4, 0.5) is 0 Å². The van der Waals surface area contributed by atoms with Gasteiger partial charge in [-0.05, 0) is 17.6 Å². The van der Waals surface area contributed by atoms with Gasteiger partial charge in [0.25, 0.3) is 0 Å². The summed E-state index contributed by atoms with van der Waals surface area (Å²) in [5, 5.41) is 9.82. The maximum atomic E-state index is 10.8. The van der Waals surface area contributed by atoms with Gasteiger partial charge in [-0.3, -0.25) is 0 Å². The highest BCUT2D eigenvalue weighted by Gasteiger charge is 2.17. The van der Waals surface area contributed by atoms with E-state index in [4.69, 9.17) is 5.11 Å². The minimum Gasteiger partial charge on any atom is -0.477 e. The smallest absolute Gasteiger partial charge is 0.354 e. The molecule has 0 atom stereocenters. The number of hydrogen-bond acceptors (Lipinski definition) is 4. The quantitative estimate of drug-likeness (QED) is 0.697. The van der Waals surface area contributed by atoms with Gasteiger partial charge in [-0.25, -0.2) is 9.78 Å². The van der Waals surface area contributed by atoms with E-state index in [-0.39, 0.29) is 5.69 Å². The van der Waals surface area contributed by atoms with E-state index < -0.39 is 5.97 Å². The molecule has 16 heavy (non-hydrogen) atoms. The number of nitrogens with zero attached hydrogens (tertiary/aromatic N) is 2. The molecule has 1 aromatic rings. The summed E-state index contributed by atoms with van der Waals surface area (Å²) in [5.41, 5.74) is 1.35. The van der Waals surface area contributed by atoms with E-state index >= 15 is 0 Å². The molecule has 0 aromatic heterocycles. The lowest BCUT2D eigenvalue weighted by atomic mass is 10.2. The van der Waals surface area contributed by atoms with Crippen molar-refractivity contribution in [3.8, 4) is 11.4 Å². The minimum absolute atomic E-state index is 0.0473. The normalized spacial score (nSPS) is 11.0. The van der Waals surface area contributed by atoms with Crippen molar-refractivity contribution >= 4 is 27.6 Å². The first kappa shape index (κ1) is 9.23. The highest BCUT2D eigenvalue weighted by atomic mass is 32.1. The van der Waals surface area contributed by atoms with Crippen LogP contribution in [-0.4, -0.2) is 20.4 Å². The third-order valence-corrected chi connectivity index (χ3v) is 3.19. The van der Waals surface area contributed by atoms with Crippen LogP contribution >= 0.6 is 11.5 Å². The maximum absolute atomic E-state index is 10.8. The zero-order valence-electron chi connectivity index (χ0n) is 8.04. The molecule has 1 aromatic carbocycles. The van der Waals surface area contributed by atoms with E-state index in [0.29, 0.717) is 11.4 Å². The van der Waals surface area contributed by atoms with Crippen LogP contribution in [0.2, 0.25) is 0 Å². The number of aromatic carboxylic acids is 1. The molecular weight excluding hydrogens is 224 g/mol. The monoisotopic (exact) mass is 230 g/mol. The van der Waals surface area contributed by atoms with Crippen LogP contribution in [0.1, 0.15) is 10.5 Å². The Labute approximate surface area is 94.7 Å². The highest BCUT2D eigenvalue weighted by molar-refractivity contribution is 7.13. The molecule has 4 nitrogen and oxygen atoms in total. The number of rotatable bonds is 1. The topological polar surface area (TPSA) is 63.1 Å². The second kappa shape index (κ2) is 3.24. The van der Waals surface area contributed by atoms with Gasteiger partial charge in [-0.15, -0.1) is 0 Å². The summed E-state index contributed by atoms with van der Waals surface area (Å²) in [6.45, 7) is 0. The molecule has 78 valence electrons. The molecule has 1 N–H and O–H groups in total. The zero-order valence-corrected chi connectivity index (χ0v) is 8.86. The Morgan fingerprint density at radius 2 is 2.12 bits per heavy atom. The lowest BCUT2D eigenvalue weighted by Gasteiger charge is -1.99. The van der Waals surface area contributed by atoms with Crippen LogP contribution in [0, 0.1) is 0 Å². The van der Waals surface area contributed by atoms with Crippen molar-refractivity contribution in [3.05, 3.63) is 36.0 Å². The number of benzene rings is 1. The summed E-state index contributed by atoms with van der Waals surface area (Å²) in [7, 11) is 0. The molecule has 3 rings (SSSR count). The Hall–Kier alpha value is -2.01. The van der Waals surface area contributed by atoms with Crippen LogP contribution in [0.3, 0.4) is 0 Å². The maximum Gasteiger partial charge on any atom is 0.354 e. The van der Waals surface area contributed by atoms with E-state index in [0.717, 1.165) is 10.1 Å². The summed E-state index contributed by atoms with van der Waals surface area (Å²) >= 11 is 1.35. The molecule has 0 saturated heterocycles. The Morgan fingerprint density at radius 3 is 2.94 bits per heavy atom. The molecule has 2 aliphatic heterocycles. The van der Waals surface area contributed by atoms with Crippen molar-refractivity contribution in [2.75, 3.05) is 0 Å². The molecule has 0 radical (unpaired) electrons. The van der Waals surface area contributed by atoms with Crippen LogP contribution < -0.4 is 0 Å². The first-order chi connectivity index (χ1) is 7.75. The standard InChI is InChI=1S/C11H6N2O2S/c14-11(15)8-5-7-10(12-8)6-3-1-2-4-9(6)16-13-7/h1-5H,(H,14,15). The van der Waals surface area contributed by atoms with Crippen molar-refractivity contribution in [1.82, 2.24) is 9.36 Å². The average Bonchev–Trinajstić information content (AvgIpc) is 2.73. The van der Waals surface area contributed by atoms with E-state index in [1.54, 1.807) is 0 Å². The van der Waals surface area contributed by atoms with Crippen molar-refractivity contribution in [3.63, 3.8) is 0 Å². The number of aromatic nitrogens is 2. The van der Waals surface area contributed by atoms with Gasteiger partial charge in [0, 0.05) is 11.5 Å². The Bertz CT molecular complexity index is 662. The van der Waals surface area contributed by atoms with Crippen LogP contribution in [0.25, 0.3) is 21.5 Å². The molecule has 2 heterocycles. The predicted octanol–water partition coefficient (Wildman–Crippen LogP) is 2.49. The molecule has 2 aliphatic rings. The molecule has 0 bridgehead atoms. The Kier molecular flexibility index (Phi) is 1.87. The lowest BCUT2D eigenvalue weighted by Crippen LogP contribution is -1.94. The highest BCUT2D eigenvalue weighted by Crippen LogP contribution is 2.30. The summed E-state index contributed by atoms with van der Waals surface area (Å²) < 4.78 is 5.23. The fraction of sp³-hybridized carbons (Fsp3) is 0. The number of fused-ring (bicyclic) bond motifs is 3. The van der Waals surface area contributed by atoms with Gasteiger partial charge in [0.05, 0.1) is 10.4 Å². The minimum atomic E-state index is -1.02. The summed E-state index contributed by atoms with van der Waals surface area (Å²) in [4.78, 5) is 14.9. The first-order valence-electron chi connectivity index (χ1n) is 4.64.